The average Bonchev–Trinajstić information content (AvgIpc) is 1.88. The van der Waals surface area contributed by atoms with Gasteiger partial charge in [-0.3, -0.25) is 4.90 Å². The van der Waals surface area contributed by atoms with Crippen molar-refractivity contribution in [1.82, 2.24) is 4.90 Å². The van der Waals surface area contributed by atoms with E-state index in [0.717, 1.165) is 6.42 Å². The SMILES string of the molecule is CCC(CN)N(C)CC(C)O. The molecule has 0 aliphatic carbocycles. The van der Waals surface area contributed by atoms with E-state index in [1.807, 2.05) is 7.05 Å². The van der Waals surface area contributed by atoms with Crippen LogP contribution >= 0.6 is 0 Å². The molecule has 3 heteroatoms. The summed E-state index contributed by atoms with van der Waals surface area (Å²) in [5, 5.41) is 9.08. The molecule has 0 aromatic rings. The summed E-state index contributed by atoms with van der Waals surface area (Å²) in [7, 11) is 1.99. The monoisotopic (exact) mass is 160 g/mol. The fourth-order valence-corrected chi connectivity index (χ4v) is 1.22. The first-order valence-electron chi connectivity index (χ1n) is 4.20. The molecule has 0 saturated carbocycles. The standard InChI is InChI=1S/C8H20N2O/c1-4-8(5-9)10(3)6-7(2)11/h7-8,11H,4-6,9H2,1-3H3. The minimum absolute atomic E-state index is 0.263. The molecular weight excluding hydrogens is 140 g/mol. The maximum Gasteiger partial charge on any atom is 0.0639 e. The van der Waals surface area contributed by atoms with E-state index >= 15 is 0 Å². The first-order chi connectivity index (χ1) is 5.11. The number of nitrogens with zero attached hydrogens (tertiary/aromatic N) is 1. The molecule has 0 aliphatic heterocycles. The van der Waals surface area contributed by atoms with Crippen LogP contribution in [0.25, 0.3) is 0 Å². The van der Waals surface area contributed by atoms with Gasteiger partial charge in [0.05, 0.1) is 6.10 Å². The van der Waals surface area contributed by atoms with Crippen LogP contribution in [0.15, 0.2) is 0 Å². The topological polar surface area (TPSA) is 49.5 Å². The maximum absolute atomic E-state index is 9.08. The highest BCUT2D eigenvalue weighted by Crippen LogP contribution is 2.00. The van der Waals surface area contributed by atoms with Gasteiger partial charge in [-0.2, -0.15) is 0 Å². The molecule has 2 atom stereocenters. The molecule has 0 aliphatic rings. The van der Waals surface area contributed by atoms with Crippen molar-refractivity contribution in [2.24, 2.45) is 5.73 Å². The van der Waals surface area contributed by atoms with Crippen molar-refractivity contribution in [2.75, 3.05) is 20.1 Å². The molecule has 3 N–H and O–H groups in total. The van der Waals surface area contributed by atoms with Gasteiger partial charge in [0.1, 0.15) is 0 Å². The Morgan fingerprint density at radius 3 is 2.36 bits per heavy atom. The molecule has 0 amide bonds. The number of aliphatic hydroxyl groups excluding tert-OH is 1. The van der Waals surface area contributed by atoms with Gasteiger partial charge in [-0.05, 0) is 20.4 Å². The zero-order valence-electron chi connectivity index (χ0n) is 7.75. The minimum Gasteiger partial charge on any atom is -0.392 e. The normalized spacial score (nSPS) is 16.9. The highest BCUT2D eigenvalue weighted by molar-refractivity contribution is 4.68. The molecule has 0 radical (unpaired) electrons. The summed E-state index contributed by atoms with van der Waals surface area (Å²) in [6.45, 7) is 5.27. The van der Waals surface area contributed by atoms with E-state index in [2.05, 4.69) is 11.8 Å². The molecule has 0 fully saturated rings. The molecule has 0 aromatic heterocycles. The second-order valence-corrected chi connectivity index (χ2v) is 3.09. The number of likely N-dealkylation sites (N-methyl/N-ethyl adjacent to an activating group) is 1. The van der Waals surface area contributed by atoms with Crippen LogP contribution in [0.1, 0.15) is 20.3 Å². The molecule has 11 heavy (non-hydrogen) atoms. The average molecular weight is 160 g/mol. The van der Waals surface area contributed by atoms with Crippen LogP contribution in [0.4, 0.5) is 0 Å². The van der Waals surface area contributed by atoms with Crippen molar-refractivity contribution in [3.05, 3.63) is 0 Å². The van der Waals surface area contributed by atoms with E-state index in [1.165, 1.54) is 0 Å². The highest BCUT2D eigenvalue weighted by atomic mass is 16.3. The fourth-order valence-electron chi connectivity index (χ4n) is 1.22. The summed E-state index contributed by atoms with van der Waals surface area (Å²) in [5.41, 5.74) is 5.54. The molecule has 0 bridgehead atoms. The lowest BCUT2D eigenvalue weighted by Crippen LogP contribution is -2.40. The van der Waals surface area contributed by atoms with Crippen molar-refractivity contribution in [1.29, 1.82) is 0 Å². The van der Waals surface area contributed by atoms with Crippen molar-refractivity contribution >= 4 is 0 Å². The van der Waals surface area contributed by atoms with Crippen LogP contribution in [-0.4, -0.2) is 42.3 Å². The third kappa shape index (κ3) is 4.35. The predicted octanol–water partition coefficient (Wildman–Crippen LogP) is 0.0363. The highest BCUT2D eigenvalue weighted by Gasteiger charge is 2.11. The van der Waals surface area contributed by atoms with Crippen molar-refractivity contribution in [2.45, 2.75) is 32.4 Å². The van der Waals surface area contributed by atoms with Crippen molar-refractivity contribution < 1.29 is 5.11 Å². The molecule has 0 rings (SSSR count). The predicted molar refractivity (Wildman–Crippen MR) is 47.4 cm³/mol. The van der Waals surface area contributed by atoms with Crippen LogP contribution in [0, 0.1) is 0 Å². The molecule has 0 spiro atoms. The van der Waals surface area contributed by atoms with Crippen LogP contribution in [0.2, 0.25) is 0 Å². The Morgan fingerprint density at radius 2 is 2.09 bits per heavy atom. The molecule has 0 aromatic carbocycles. The molecule has 3 nitrogen and oxygen atoms in total. The van der Waals surface area contributed by atoms with Crippen molar-refractivity contribution in [3.63, 3.8) is 0 Å². The van der Waals surface area contributed by atoms with Crippen LogP contribution in [-0.2, 0) is 0 Å². The van der Waals surface area contributed by atoms with E-state index in [1.54, 1.807) is 6.92 Å². The third-order valence-electron chi connectivity index (χ3n) is 1.92. The number of aliphatic hydroxyl groups is 1. The van der Waals surface area contributed by atoms with E-state index in [-0.39, 0.29) is 6.10 Å². The van der Waals surface area contributed by atoms with E-state index in [0.29, 0.717) is 19.1 Å². The Kier molecular flexibility index (Phi) is 5.46. The zero-order chi connectivity index (χ0) is 8.85. The minimum atomic E-state index is -0.263. The number of nitrogens with two attached hydrogens (primary N) is 1. The van der Waals surface area contributed by atoms with Gasteiger partial charge in [-0.1, -0.05) is 6.92 Å². The van der Waals surface area contributed by atoms with Crippen LogP contribution < -0.4 is 5.73 Å². The molecule has 0 heterocycles. The lowest BCUT2D eigenvalue weighted by Gasteiger charge is -2.26. The molecule has 0 saturated heterocycles. The second-order valence-electron chi connectivity index (χ2n) is 3.09. The lowest BCUT2D eigenvalue weighted by molar-refractivity contribution is 0.117. The summed E-state index contributed by atoms with van der Waals surface area (Å²) in [5.74, 6) is 0. The Labute approximate surface area is 69.2 Å². The van der Waals surface area contributed by atoms with Crippen LogP contribution in [0.5, 0.6) is 0 Å². The van der Waals surface area contributed by atoms with Gasteiger partial charge in [0.25, 0.3) is 0 Å². The van der Waals surface area contributed by atoms with Gasteiger partial charge in [-0.15, -0.1) is 0 Å². The first-order valence-corrected chi connectivity index (χ1v) is 4.20. The van der Waals surface area contributed by atoms with Crippen molar-refractivity contribution in [3.8, 4) is 0 Å². The van der Waals surface area contributed by atoms with Gasteiger partial charge in [0.15, 0.2) is 0 Å². The van der Waals surface area contributed by atoms with E-state index in [4.69, 9.17) is 10.8 Å². The second kappa shape index (κ2) is 5.52. The van der Waals surface area contributed by atoms with Gasteiger partial charge in [0.2, 0.25) is 0 Å². The summed E-state index contributed by atoms with van der Waals surface area (Å²) < 4.78 is 0. The number of hydrogen-bond acceptors (Lipinski definition) is 3. The lowest BCUT2D eigenvalue weighted by atomic mass is 10.2. The Balaban J connectivity index is 3.68. The number of rotatable bonds is 5. The fraction of sp³-hybridized carbons (Fsp3) is 1.00. The van der Waals surface area contributed by atoms with Gasteiger partial charge >= 0.3 is 0 Å². The molecule has 68 valence electrons. The molecule has 2 unspecified atom stereocenters. The quantitative estimate of drug-likeness (QED) is 0.597. The summed E-state index contributed by atoms with van der Waals surface area (Å²) >= 11 is 0. The Bertz CT molecular complexity index is 92.1. The summed E-state index contributed by atoms with van der Waals surface area (Å²) in [6, 6.07) is 0.407. The van der Waals surface area contributed by atoms with Gasteiger partial charge < -0.3 is 10.8 Å². The van der Waals surface area contributed by atoms with E-state index < -0.39 is 0 Å². The zero-order valence-corrected chi connectivity index (χ0v) is 7.75. The summed E-state index contributed by atoms with van der Waals surface area (Å²) in [4.78, 5) is 2.10. The summed E-state index contributed by atoms with van der Waals surface area (Å²) in [6.07, 6.45) is 0.778. The van der Waals surface area contributed by atoms with Gasteiger partial charge in [-0.25, -0.2) is 0 Å². The molecular formula is C8H20N2O. The van der Waals surface area contributed by atoms with Crippen LogP contribution in [0.3, 0.4) is 0 Å². The maximum atomic E-state index is 9.08. The largest absolute Gasteiger partial charge is 0.392 e. The Hall–Kier alpha value is -0.120. The Morgan fingerprint density at radius 1 is 1.55 bits per heavy atom. The smallest absolute Gasteiger partial charge is 0.0639 e. The third-order valence-corrected chi connectivity index (χ3v) is 1.92. The first kappa shape index (κ1) is 10.9. The van der Waals surface area contributed by atoms with E-state index in [9.17, 15) is 0 Å². The van der Waals surface area contributed by atoms with Gasteiger partial charge in [0, 0.05) is 19.1 Å². The number of hydrogen-bond donors (Lipinski definition) is 2.